The van der Waals surface area contributed by atoms with E-state index in [1.807, 2.05) is 0 Å². The number of hydrogen-bond acceptors (Lipinski definition) is 3. The zero-order valence-corrected chi connectivity index (χ0v) is 10.6. The SMILES string of the molecule is CC(C)CC(C)NCC1CN(C)CCO1. The number of nitrogens with zero attached hydrogens (tertiary/aromatic N) is 1. The molecule has 90 valence electrons. The Kier molecular flexibility index (Phi) is 5.58. The lowest BCUT2D eigenvalue weighted by molar-refractivity contribution is -0.0192. The molecule has 15 heavy (non-hydrogen) atoms. The Morgan fingerprint density at radius 1 is 1.40 bits per heavy atom. The lowest BCUT2D eigenvalue weighted by atomic mass is 10.1. The third-order valence-corrected chi connectivity index (χ3v) is 2.86. The summed E-state index contributed by atoms with van der Waals surface area (Å²) in [5.41, 5.74) is 0. The van der Waals surface area contributed by atoms with Gasteiger partial charge in [-0.2, -0.15) is 0 Å². The molecular weight excluding hydrogens is 188 g/mol. The molecule has 1 rings (SSSR count). The van der Waals surface area contributed by atoms with Crippen LogP contribution < -0.4 is 5.32 Å². The molecule has 1 aliphatic heterocycles. The highest BCUT2D eigenvalue weighted by molar-refractivity contribution is 4.73. The van der Waals surface area contributed by atoms with Crippen molar-refractivity contribution >= 4 is 0 Å². The van der Waals surface area contributed by atoms with E-state index in [0.29, 0.717) is 12.1 Å². The number of ether oxygens (including phenoxy) is 1. The molecule has 0 saturated carbocycles. The van der Waals surface area contributed by atoms with Gasteiger partial charge in [-0.15, -0.1) is 0 Å². The van der Waals surface area contributed by atoms with E-state index in [1.54, 1.807) is 0 Å². The Morgan fingerprint density at radius 2 is 2.13 bits per heavy atom. The first-order valence-electron chi connectivity index (χ1n) is 6.11. The average Bonchev–Trinajstić information content (AvgIpc) is 2.14. The van der Waals surface area contributed by atoms with Crippen molar-refractivity contribution in [1.29, 1.82) is 0 Å². The summed E-state index contributed by atoms with van der Waals surface area (Å²) in [6.07, 6.45) is 1.61. The van der Waals surface area contributed by atoms with Crippen molar-refractivity contribution in [3.8, 4) is 0 Å². The van der Waals surface area contributed by atoms with E-state index >= 15 is 0 Å². The normalized spacial score (nSPS) is 25.8. The number of likely N-dealkylation sites (N-methyl/N-ethyl adjacent to an activating group) is 1. The zero-order valence-electron chi connectivity index (χ0n) is 10.6. The van der Waals surface area contributed by atoms with Crippen LogP contribution >= 0.6 is 0 Å². The number of rotatable bonds is 5. The zero-order chi connectivity index (χ0) is 11.3. The first kappa shape index (κ1) is 12.9. The van der Waals surface area contributed by atoms with Crippen molar-refractivity contribution in [3.63, 3.8) is 0 Å². The molecule has 0 bridgehead atoms. The molecule has 1 saturated heterocycles. The molecule has 0 aromatic heterocycles. The van der Waals surface area contributed by atoms with Gasteiger partial charge in [0.25, 0.3) is 0 Å². The van der Waals surface area contributed by atoms with Crippen LogP contribution in [-0.2, 0) is 4.74 Å². The lowest BCUT2D eigenvalue weighted by Crippen LogP contribution is -2.46. The minimum Gasteiger partial charge on any atom is -0.374 e. The highest BCUT2D eigenvalue weighted by Crippen LogP contribution is 2.05. The van der Waals surface area contributed by atoms with Crippen LogP contribution in [0.3, 0.4) is 0 Å². The van der Waals surface area contributed by atoms with E-state index in [1.165, 1.54) is 6.42 Å². The molecule has 0 aromatic rings. The molecule has 1 fully saturated rings. The van der Waals surface area contributed by atoms with Crippen LogP contribution in [-0.4, -0.2) is 50.3 Å². The smallest absolute Gasteiger partial charge is 0.0826 e. The number of morpholine rings is 1. The van der Waals surface area contributed by atoms with Gasteiger partial charge in [-0.25, -0.2) is 0 Å². The second-order valence-corrected chi connectivity index (χ2v) is 5.19. The van der Waals surface area contributed by atoms with E-state index in [9.17, 15) is 0 Å². The molecule has 0 amide bonds. The van der Waals surface area contributed by atoms with Crippen molar-refractivity contribution in [1.82, 2.24) is 10.2 Å². The van der Waals surface area contributed by atoms with Crippen LogP contribution in [0.4, 0.5) is 0 Å². The number of hydrogen-bond donors (Lipinski definition) is 1. The third kappa shape index (κ3) is 5.50. The van der Waals surface area contributed by atoms with Crippen molar-refractivity contribution in [3.05, 3.63) is 0 Å². The fraction of sp³-hybridized carbons (Fsp3) is 1.00. The maximum atomic E-state index is 5.70. The first-order valence-corrected chi connectivity index (χ1v) is 6.11. The van der Waals surface area contributed by atoms with Crippen LogP contribution in [0.15, 0.2) is 0 Å². The summed E-state index contributed by atoms with van der Waals surface area (Å²) in [4.78, 5) is 2.34. The second kappa shape index (κ2) is 6.46. The minimum absolute atomic E-state index is 0.373. The molecule has 0 aliphatic carbocycles. The van der Waals surface area contributed by atoms with Crippen molar-refractivity contribution in [2.75, 3.05) is 33.3 Å². The van der Waals surface area contributed by atoms with Gasteiger partial charge in [0.15, 0.2) is 0 Å². The first-order chi connectivity index (χ1) is 7.08. The topological polar surface area (TPSA) is 24.5 Å². The predicted molar refractivity (Wildman–Crippen MR) is 64.2 cm³/mol. The van der Waals surface area contributed by atoms with E-state index in [2.05, 4.69) is 38.0 Å². The fourth-order valence-corrected chi connectivity index (χ4v) is 2.11. The summed E-state index contributed by atoms with van der Waals surface area (Å²) in [5.74, 6) is 0.766. The molecule has 1 aliphatic rings. The highest BCUT2D eigenvalue weighted by atomic mass is 16.5. The van der Waals surface area contributed by atoms with E-state index in [4.69, 9.17) is 4.74 Å². The largest absolute Gasteiger partial charge is 0.374 e. The highest BCUT2D eigenvalue weighted by Gasteiger charge is 2.17. The molecule has 2 atom stereocenters. The van der Waals surface area contributed by atoms with Gasteiger partial charge in [0.2, 0.25) is 0 Å². The van der Waals surface area contributed by atoms with Gasteiger partial charge in [0.1, 0.15) is 0 Å². The summed E-state index contributed by atoms with van der Waals surface area (Å²) in [7, 11) is 2.16. The predicted octanol–water partition coefficient (Wildman–Crippen LogP) is 1.34. The maximum Gasteiger partial charge on any atom is 0.0826 e. The third-order valence-electron chi connectivity index (χ3n) is 2.86. The van der Waals surface area contributed by atoms with Crippen LogP contribution in [0, 0.1) is 5.92 Å². The molecule has 0 spiro atoms. The average molecular weight is 214 g/mol. The molecule has 2 unspecified atom stereocenters. The summed E-state index contributed by atoms with van der Waals surface area (Å²) < 4.78 is 5.70. The summed E-state index contributed by atoms with van der Waals surface area (Å²) in [6.45, 7) is 10.8. The van der Waals surface area contributed by atoms with Gasteiger partial charge in [-0.1, -0.05) is 13.8 Å². The van der Waals surface area contributed by atoms with Gasteiger partial charge in [-0.05, 0) is 26.3 Å². The van der Waals surface area contributed by atoms with Gasteiger partial charge < -0.3 is 15.0 Å². The van der Waals surface area contributed by atoms with Gasteiger partial charge in [-0.3, -0.25) is 0 Å². The van der Waals surface area contributed by atoms with Crippen LogP contribution in [0.25, 0.3) is 0 Å². The summed E-state index contributed by atoms with van der Waals surface area (Å²) >= 11 is 0. The Hall–Kier alpha value is -0.120. The van der Waals surface area contributed by atoms with Crippen molar-refractivity contribution in [2.45, 2.75) is 39.3 Å². The van der Waals surface area contributed by atoms with Gasteiger partial charge in [0.05, 0.1) is 12.7 Å². The molecule has 0 aromatic carbocycles. The van der Waals surface area contributed by atoms with E-state index in [0.717, 1.165) is 32.2 Å². The standard InChI is InChI=1S/C12H26N2O/c1-10(2)7-11(3)13-8-12-9-14(4)5-6-15-12/h10-13H,5-9H2,1-4H3. The molecule has 0 radical (unpaired) electrons. The summed E-state index contributed by atoms with van der Waals surface area (Å²) in [5, 5.41) is 3.55. The minimum atomic E-state index is 0.373. The van der Waals surface area contributed by atoms with E-state index in [-0.39, 0.29) is 0 Å². The van der Waals surface area contributed by atoms with Crippen LogP contribution in [0.1, 0.15) is 27.2 Å². The lowest BCUT2D eigenvalue weighted by Gasteiger charge is -2.31. The van der Waals surface area contributed by atoms with Gasteiger partial charge >= 0.3 is 0 Å². The molecule has 1 heterocycles. The Labute approximate surface area is 94.2 Å². The molecule has 1 N–H and O–H groups in total. The Bertz CT molecular complexity index is 173. The van der Waals surface area contributed by atoms with Crippen molar-refractivity contribution in [2.24, 2.45) is 5.92 Å². The fourth-order valence-electron chi connectivity index (χ4n) is 2.11. The molecule has 3 nitrogen and oxygen atoms in total. The Morgan fingerprint density at radius 3 is 2.73 bits per heavy atom. The van der Waals surface area contributed by atoms with Crippen LogP contribution in [0.5, 0.6) is 0 Å². The van der Waals surface area contributed by atoms with Crippen LogP contribution in [0.2, 0.25) is 0 Å². The summed E-state index contributed by atoms with van der Waals surface area (Å²) in [6, 6.07) is 0.598. The van der Waals surface area contributed by atoms with Crippen molar-refractivity contribution < 1.29 is 4.74 Å². The van der Waals surface area contributed by atoms with Gasteiger partial charge in [0, 0.05) is 25.7 Å². The second-order valence-electron chi connectivity index (χ2n) is 5.19. The Balaban J connectivity index is 2.13. The quantitative estimate of drug-likeness (QED) is 0.747. The number of nitrogens with one attached hydrogen (secondary N) is 1. The maximum absolute atomic E-state index is 5.70. The molecular formula is C12H26N2O. The monoisotopic (exact) mass is 214 g/mol. The van der Waals surface area contributed by atoms with E-state index < -0.39 is 0 Å². The molecule has 3 heteroatoms.